The van der Waals surface area contributed by atoms with E-state index in [9.17, 15) is 4.79 Å². The fourth-order valence-corrected chi connectivity index (χ4v) is 3.03. The van der Waals surface area contributed by atoms with E-state index in [-0.39, 0.29) is 5.91 Å². The predicted molar refractivity (Wildman–Crippen MR) is 93.4 cm³/mol. The maximum atomic E-state index is 12.7. The first-order valence-electron chi connectivity index (χ1n) is 7.82. The van der Waals surface area contributed by atoms with Crippen LogP contribution in [0, 0.1) is 5.92 Å². The minimum absolute atomic E-state index is 0.152. The van der Waals surface area contributed by atoms with Gasteiger partial charge in [0.05, 0.1) is 0 Å². The van der Waals surface area contributed by atoms with Gasteiger partial charge in [-0.15, -0.1) is 12.6 Å². The van der Waals surface area contributed by atoms with Crippen LogP contribution in [0.1, 0.15) is 30.1 Å². The molecule has 0 N–H and O–H groups in total. The summed E-state index contributed by atoms with van der Waals surface area (Å²) >= 11 is 4.31. The van der Waals surface area contributed by atoms with Crippen LogP contribution >= 0.6 is 12.6 Å². The van der Waals surface area contributed by atoms with Gasteiger partial charge in [-0.05, 0) is 54.2 Å². The molecule has 0 atom stereocenters. The lowest BCUT2D eigenvalue weighted by Gasteiger charge is -2.30. The van der Waals surface area contributed by atoms with Crippen molar-refractivity contribution in [1.29, 1.82) is 0 Å². The SMILES string of the molecule is CC1CCN(C(=O)c2cccc(-c3ccc(S)cc3)c2)CC1. The molecule has 2 aromatic carbocycles. The van der Waals surface area contributed by atoms with Crippen molar-refractivity contribution in [3.63, 3.8) is 0 Å². The summed E-state index contributed by atoms with van der Waals surface area (Å²) in [5.74, 6) is 0.884. The van der Waals surface area contributed by atoms with Crippen molar-refractivity contribution in [3.05, 3.63) is 54.1 Å². The Morgan fingerprint density at radius 2 is 1.73 bits per heavy atom. The van der Waals surface area contributed by atoms with Crippen molar-refractivity contribution in [2.75, 3.05) is 13.1 Å². The van der Waals surface area contributed by atoms with E-state index < -0.39 is 0 Å². The Labute approximate surface area is 137 Å². The van der Waals surface area contributed by atoms with Crippen LogP contribution in [0.5, 0.6) is 0 Å². The van der Waals surface area contributed by atoms with Crippen molar-refractivity contribution in [1.82, 2.24) is 4.90 Å². The van der Waals surface area contributed by atoms with Crippen molar-refractivity contribution < 1.29 is 4.79 Å². The third-order valence-electron chi connectivity index (χ3n) is 4.38. The Morgan fingerprint density at radius 3 is 2.41 bits per heavy atom. The van der Waals surface area contributed by atoms with Crippen LogP contribution in [0.25, 0.3) is 11.1 Å². The Morgan fingerprint density at radius 1 is 1.05 bits per heavy atom. The molecule has 1 heterocycles. The number of hydrogen-bond donors (Lipinski definition) is 1. The molecule has 3 rings (SSSR count). The Hall–Kier alpha value is -1.74. The van der Waals surface area contributed by atoms with Gasteiger partial charge < -0.3 is 4.90 Å². The highest BCUT2D eigenvalue weighted by atomic mass is 32.1. The molecule has 3 heteroatoms. The predicted octanol–water partition coefficient (Wildman–Crippen LogP) is 4.51. The quantitative estimate of drug-likeness (QED) is 0.809. The molecule has 2 aromatic rings. The number of carbonyl (C=O) groups is 1. The minimum Gasteiger partial charge on any atom is -0.339 e. The van der Waals surface area contributed by atoms with Crippen molar-refractivity contribution in [2.45, 2.75) is 24.7 Å². The number of likely N-dealkylation sites (tertiary alicyclic amines) is 1. The lowest BCUT2D eigenvalue weighted by atomic mass is 9.98. The number of nitrogens with zero attached hydrogens (tertiary/aromatic N) is 1. The first-order valence-corrected chi connectivity index (χ1v) is 8.27. The van der Waals surface area contributed by atoms with Crippen molar-refractivity contribution >= 4 is 18.5 Å². The minimum atomic E-state index is 0.152. The molecule has 1 amide bonds. The average Bonchev–Trinajstić information content (AvgIpc) is 2.56. The lowest BCUT2D eigenvalue weighted by Crippen LogP contribution is -2.37. The zero-order chi connectivity index (χ0) is 15.5. The average molecular weight is 311 g/mol. The van der Waals surface area contributed by atoms with Crippen LogP contribution in [0.3, 0.4) is 0 Å². The molecular weight excluding hydrogens is 290 g/mol. The number of rotatable bonds is 2. The molecule has 114 valence electrons. The van der Waals surface area contributed by atoms with Crippen molar-refractivity contribution in [2.24, 2.45) is 5.92 Å². The van der Waals surface area contributed by atoms with Crippen LogP contribution in [0.4, 0.5) is 0 Å². The fourth-order valence-electron chi connectivity index (χ4n) is 2.88. The van der Waals surface area contributed by atoms with Crippen LogP contribution in [-0.2, 0) is 0 Å². The van der Waals surface area contributed by atoms with E-state index in [2.05, 4.69) is 19.6 Å². The molecule has 0 bridgehead atoms. The van der Waals surface area contributed by atoms with Gasteiger partial charge in [0.15, 0.2) is 0 Å². The number of piperidine rings is 1. The highest BCUT2D eigenvalue weighted by Crippen LogP contribution is 2.24. The van der Waals surface area contributed by atoms with E-state index in [0.717, 1.165) is 53.4 Å². The van der Waals surface area contributed by atoms with Crippen LogP contribution in [-0.4, -0.2) is 23.9 Å². The maximum absolute atomic E-state index is 12.7. The summed E-state index contributed by atoms with van der Waals surface area (Å²) in [6.45, 7) is 4.00. The third-order valence-corrected chi connectivity index (χ3v) is 4.68. The topological polar surface area (TPSA) is 20.3 Å². The van der Waals surface area contributed by atoms with Gasteiger partial charge in [0.2, 0.25) is 0 Å². The van der Waals surface area contributed by atoms with Gasteiger partial charge in [-0.1, -0.05) is 31.2 Å². The molecule has 0 aliphatic carbocycles. The van der Waals surface area contributed by atoms with Crippen LogP contribution < -0.4 is 0 Å². The normalized spacial score (nSPS) is 15.8. The Balaban J connectivity index is 1.81. The number of benzene rings is 2. The van der Waals surface area contributed by atoms with E-state index in [4.69, 9.17) is 0 Å². The maximum Gasteiger partial charge on any atom is 0.253 e. The summed E-state index contributed by atoms with van der Waals surface area (Å²) in [4.78, 5) is 15.6. The summed E-state index contributed by atoms with van der Waals surface area (Å²) in [5.41, 5.74) is 2.96. The van der Waals surface area contributed by atoms with E-state index in [1.165, 1.54) is 0 Å². The standard InChI is InChI=1S/C19H21NOS/c1-14-9-11-20(12-10-14)19(21)17-4-2-3-16(13-17)15-5-7-18(22)8-6-15/h2-8,13-14,22H,9-12H2,1H3. The molecule has 0 unspecified atom stereocenters. The second-order valence-electron chi connectivity index (χ2n) is 6.10. The van der Waals surface area contributed by atoms with Gasteiger partial charge in [0.25, 0.3) is 5.91 Å². The summed E-state index contributed by atoms with van der Waals surface area (Å²) in [5, 5.41) is 0. The van der Waals surface area contributed by atoms with Crippen molar-refractivity contribution in [3.8, 4) is 11.1 Å². The summed E-state index contributed by atoms with van der Waals surface area (Å²) in [6, 6.07) is 15.9. The molecule has 1 aliphatic heterocycles. The molecule has 0 radical (unpaired) electrons. The molecular formula is C19H21NOS. The molecule has 1 fully saturated rings. The van der Waals surface area contributed by atoms with Gasteiger partial charge in [-0.3, -0.25) is 4.79 Å². The lowest BCUT2D eigenvalue weighted by molar-refractivity contribution is 0.0697. The molecule has 0 aromatic heterocycles. The van der Waals surface area contributed by atoms with Gasteiger partial charge in [0, 0.05) is 23.5 Å². The first-order chi connectivity index (χ1) is 10.6. The highest BCUT2D eigenvalue weighted by molar-refractivity contribution is 7.80. The van der Waals surface area contributed by atoms with E-state index in [1.54, 1.807) is 0 Å². The number of amides is 1. The Bertz CT molecular complexity index is 657. The molecule has 2 nitrogen and oxygen atoms in total. The zero-order valence-corrected chi connectivity index (χ0v) is 13.7. The highest BCUT2D eigenvalue weighted by Gasteiger charge is 2.21. The molecule has 0 spiro atoms. The monoisotopic (exact) mass is 311 g/mol. The second kappa shape index (κ2) is 6.57. The molecule has 0 saturated carbocycles. The zero-order valence-electron chi connectivity index (χ0n) is 12.8. The van der Waals surface area contributed by atoms with Gasteiger partial charge >= 0.3 is 0 Å². The van der Waals surface area contributed by atoms with E-state index in [0.29, 0.717) is 0 Å². The molecule has 1 saturated heterocycles. The Kier molecular flexibility index (Phi) is 4.53. The fraction of sp³-hybridized carbons (Fsp3) is 0.316. The molecule has 22 heavy (non-hydrogen) atoms. The molecule has 1 aliphatic rings. The van der Waals surface area contributed by atoms with Crippen LogP contribution in [0.2, 0.25) is 0 Å². The second-order valence-corrected chi connectivity index (χ2v) is 6.62. The number of carbonyl (C=O) groups excluding carboxylic acids is 1. The smallest absolute Gasteiger partial charge is 0.253 e. The summed E-state index contributed by atoms with van der Waals surface area (Å²) in [6.07, 6.45) is 2.21. The van der Waals surface area contributed by atoms with Gasteiger partial charge in [-0.2, -0.15) is 0 Å². The van der Waals surface area contributed by atoms with Gasteiger partial charge in [0.1, 0.15) is 0 Å². The van der Waals surface area contributed by atoms with E-state index in [1.807, 2.05) is 53.4 Å². The van der Waals surface area contributed by atoms with Crippen LogP contribution in [0.15, 0.2) is 53.4 Å². The number of hydrogen-bond acceptors (Lipinski definition) is 2. The van der Waals surface area contributed by atoms with E-state index >= 15 is 0 Å². The number of thiol groups is 1. The summed E-state index contributed by atoms with van der Waals surface area (Å²) < 4.78 is 0. The largest absolute Gasteiger partial charge is 0.339 e. The first kappa shape index (κ1) is 15.2. The third kappa shape index (κ3) is 3.36. The van der Waals surface area contributed by atoms with Gasteiger partial charge in [-0.25, -0.2) is 0 Å². The summed E-state index contributed by atoms with van der Waals surface area (Å²) in [7, 11) is 0.